The number of furan rings is 2. The number of hydrogen-bond acceptors (Lipinski definition) is 4. The Hall–Kier alpha value is -7.96. The van der Waals surface area contributed by atoms with Gasteiger partial charge in [0, 0.05) is 43.4 Å². The highest BCUT2D eigenvalue weighted by Crippen LogP contribution is 2.46. The second kappa shape index (κ2) is 11.8. The van der Waals surface area contributed by atoms with Crippen molar-refractivity contribution < 1.29 is 18.2 Å². The van der Waals surface area contributed by atoms with Crippen LogP contribution in [0.5, 0.6) is 17.2 Å². The van der Waals surface area contributed by atoms with Crippen molar-refractivity contribution in [2.75, 3.05) is 0 Å². The van der Waals surface area contributed by atoms with Crippen molar-refractivity contribution in [1.82, 2.24) is 4.57 Å². The van der Waals surface area contributed by atoms with E-state index in [0.29, 0.717) is 0 Å². The first kappa shape index (κ1) is 32.1. The summed E-state index contributed by atoms with van der Waals surface area (Å²) >= 11 is 0. The van der Waals surface area contributed by atoms with Gasteiger partial charge in [-0.3, -0.25) is 0 Å². The van der Waals surface area contributed by atoms with Gasteiger partial charge in [-0.05, 0) is 101 Å². The third-order valence-electron chi connectivity index (χ3n) is 12.7. The predicted octanol–water partition coefficient (Wildman–Crippen LogP) is 13.2. The van der Waals surface area contributed by atoms with Gasteiger partial charge in [0.1, 0.15) is 39.6 Å². The summed E-state index contributed by atoms with van der Waals surface area (Å²) in [5.74, 6) is 2.43. The van der Waals surface area contributed by atoms with E-state index >= 15 is 0 Å². The lowest BCUT2D eigenvalue weighted by Crippen LogP contribution is -2.53. The molecule has 12 aromatic rings. The third kappa shape index (κ3) is 4.42. The van der Waals surface area contributed by atoms with Crippen LogP contribution in [0, 0.1) is 0 Å². The lowest BCUT2D eigenvalue weighted by Gasteiger charge is -2.33. The molecule has 0 amide bonds. The minimum absolute atomic E-state index is 0.330. The van der Waals surface area contributed by atoms with E-state index in [9.17, 15) is 0 Å². The summed E-state index contributed by atoms with van der Waals surface area (Å²) in [6, 6.07) is 64.1. The summed E-state index contributed by atoms with van der Waals surface area (Å²) in [5.41, 5.74) is 15.2. The second-order valence-electron chi connectivity index (χ2n) is 15.9. The number of para-hydroxylation sites is 5. The fourth-order valence-electron chi connectivity index (χ4n) is 9.97. The zero-order valence-corrected chi connectivity index (χ0v) is 32.0. The van der Waals surface area contributed by atoms with Crippen molar-refractivity contribution >= 4 is 83.5 Å². The Morgan fingerprint density at radius 1 is 0.383 bits per heavy atom. The first-order chi connectivity index (χ1) is 29.7. The number of benzene rings is 9. The van der Waals surface area contributed by atoms with E-state index < -0.39 is 0 Å². The maximum absolute atomic E-state index is 7.04. The normalized spacial score (nSPS) is 12.9. The molecule has 0 radical (unpaired) electrons. The van der Waals surface area contributed by atoms with Crippen LogP contribution in [0.1, 0.15) is 0 Å². The number of rotatable bonds is 3. The molecule has 0 aliphatic carbocycles. The molecule has 9 aromatic carbocycles. The Bertz CT molecular complexity index is 3760. The molecule has 278 valence electrons. The van der Waals surface area contributed by atoms with Crippen LogP contribution in [0.25, 0.3) is 105 Å². The fourth-order valence-corrected chi connectivity index (χ4v) is 9.97. The van der Waals surface area contributed by atoms with E-state index in [2.05, 4.69) is 156 Å². The first-order valence-electron chi connectivity index (χ1n) is 20.3. The zero-order chi connectivity index (χ0) is 39.1. The van der Waals surface area contributed by atoms with Crippen molar-refractivity contribution in [3.8, 4) is 56.3 Å². The second-order valence-corrected chi connectivity index (χ2v) is 15.9. The van der Waals surface area contributed by atoms with Crippen molar-refractivity contribution in [3.05, 3.63) is 182 Å². The summed E-state index contributed by atoms with van der Waals surface area (Å²) < 4.78 is 29.1. The van der Waals surface area contributed by atoms with Gasteiger partial charge < -0.3 is 22.8 Å². The van der Waals surface area contributed by atoms with E-state index in [4.69, 9.17) is 18.2 Å². The van der Waals surface area contributed by atoms with E-state index in [0.717, 1.165) is 122 Å². The molecule has 0 saturated heterocycles. The van der Waals surface area contributed by atoms with Crippen LogP contribution in [-0.2, 0) is 0 Å². The molecule has 3 aromatic heterocycles. The van der Waals surface area contributed by atoms with Crippen LogP contribution in [0.15, 0.2) is 191 Å². The van der Waals surface area contributed by atoms with Gasteiger partial charge >= 0.3 is 6.92 Å². The molecule has 2 aliphatic rings. The van der Waals surface area contributed by atoms with Crippen molar-refractivity contribution in [1.29, 1.82) is 0 Å². The van der Waals surface area contributed by atoms with Gasteiger partial charge in [0.05, 0.1) is 22.1 Å². The quantitative estimate of drug-likeness (QED) is 0.168. The molecule has 0 unspecified atom stereocenters. The van der Waals surface area contributed by atoms with Crippen LogP contribution in [0.4, 0.5) is 0 Å². The van der Waals surface area contributed by atoms with Gasteiger partial charge in [-0.15, -0.1) is 0 Å². The van der Waals surface area contributed by atoms with Crippen LogP contribution in [0.2, 0.25) is 0 Å². The van der Waals surface area contributed by atoms with Crippen molar-refractivity contribution in [2.45, 2.75) is 0 Å². The highest BCUT2D eigenvalue weighted by atomic mass is 16.5. The molecule has 0 spiro atoms. The van der Waals surface area contributed by atoms with E-state index in [1.165, 1.54) is 10.8 Å². The Morgan fingerprint density at radius 2 is 1.00 bits per heavy atom. The summed E-state index contributed by atoms with van der Waals surface area (Å²) in [6.07, 6.45) is 0. The van der Waals surface area contributed by atoms with Crippen LogP contribution in [0.3, 0.4) is 0 Å². The number of fused-ring (bicyclic) bond motifs is 13. The molecule has 60 heavy (non-hydrogen) atoms. The Balaban J connectivity index is 1.00. The summed E-state index contributed by atoms with van der Waals surface area (Å²) in [5, 5.41) is 6.80. The highest BCUT2D eigenvalue weighted by molar-refractivity contribution is 6.84. The molecule has 6 heteroatoms. The van der Waals surface area contributed by atoms with Gasteiger partial charge in [0.15, 0.2) is 0 Å². The van der Waals surface area contributed by atoms with Gasteiger partial charge in [-0.2, -0.15) is 0 Å². The zero-order valence-electron chi connectivity index (χ0n) is 32.0. The molecule has 0 saturated carbocycles. The van der Waals surface area contributed by atoms with Gasteiger partial charge in [0.2, 0.25) is 0 Å². The number of hydrogen-bond donors (Lipinski definition) is 0. The number of ether oxygens (including phenoxy) is 1. The van der Waals surface area contributed by atoms with Gasteiger partial charge in [-0.1, -0.05) is 109 Å². The SMILES string of the molecule is c1ccc2c(c1)Oc1cc(-c3cc(-n4c5ccccc5c5ccccc54)c4c(c3)oc3ccccc34)cc3c1B2Oc1cc(-c2ccc4oc5ccccc5c4c2)ccc1-3. The monoisotopic (exact) mass is 767 g/mol. The fraction of sp³-hybridized carbons (Fsp3) is 0. The summed E-state index contributed by atoms with van der Waals surface area (Å²) in [6.45, 7) is -0.330. The Kier molecular flexibility index (Phi) is 6.31. The molecule has 5 heterocycles. The standard InChI is InChI=1S/C54H30BNO4/c1-6-16-43-35(11-1)36-12-2-7-17-44(36)56(43)45-27-34(29-51-53(45)39-14-4-9-19-47(39)58-51)33-26-41-38-23-21-32(31-22-24-48-40(25-31)37-13-3-8-18-46(37)57-48)28-50(38)60-55-42-15-5-10-20-49(42)59-52(30-33)54(41)55/h1-30H. The minimum Gasteiger partial charge on any atom is -0.551 e. The lowest BCUT2D eigenvalue weighted by atomic mass is 9.50. The third-order valence-corrected chi connectivity index (χ3v) is 12.7. The Morgan fingerprint density at radius 3 is 1.83 bits per heavy atom. The number of nitrogens with zero attached hydrogens (tertiary/aromatic N) is 1. The predicted molar refractivity (Wildman–Crippen MR) is 244 cm³/mol. The summed E-state index contributed by atoms with van der Waals surface area (Å²) in [7, 11) is 0. The molecule has 5 nitrogen and oxygen atoms in total. The average molecular weight is 768 g/mol. The first-order valence-corrected chi connectivity index (χ1v) is 20.3. The molecule has 0 bridgehead atoms. The average Bonchev–Trinajstić information content (AvgIpc) is 3.98. The van der Waals surface area contributed by atoms with E-state index in [-0.39, 0.29) is 6.92 Å². The summed E-state index contributed by atoms with van der Waals surface area (Å²) in [4.78, 5) is 0. The lowest BCUT2D eigenvalue weighted by molar-refractivity contribution is 0.479. The molecule has 2 aliphatic heterocycles. The van der Waals surface area contributed by atoms with Crippen LogP contribution < -0.4 is 20.3 Å². The van der Waals surface area contributed by atoms with Crippen LogP contribution >= 0.6 is 0 Å². The maximum Gasteiger partial charge on any atom is 0.434 e. The smallest absolute Gasteiger partial charge is 0.434 e. The Labute approximate surface area is 343 Å². The van der Waals surface area contributed by atoms with E-state index in [1.54, 1.807) is 0 Å². The number of aromatic nitrogens is 1. The molecule has 0 atom stereocenters. The highest BCUT2D eigenvalue weighted by Gasteiger charge is 2.41. The van der Waals surface area contributed by atoms with Gasteiger partial charge in [0.25, 0.3) is 0 Å². The largest absolute Gasteiger partial charge is 0.551 e. The molecule has 0 N–H and O–H groups in total. The van der Waals surface area contributed by atoms with E-state index in [1.807, 2.05) is 30.3 Å². The van der Waals surface area contributed by atoms with Gasteiger partial charge in [-0.25, -0.2) is 0 Å². The van der Waals surface area contributed by atoms with Crippen molar-refractivity contribution in [2.24, 2.45) is 0 Å². The molecule has 0 fully saturated rings. The van der Waals surface area contributed by atoms with Crippen molar-refractivity contribution in [3.63, 3.8) is 0 Å². The topological polar surface area (TPSA) is 49.7 Å². The minimum atomic E-state index is -0.330. The van der Waals surface area contributed by atoms with Crippen LogP contribution in [-0.4, -0.2) is 11.5 Å². The maximum atomic E-state index is 7.04. The molecular weight excluding hydrogens is 737 g/mol. The molecular formula is C54H30BNO4. The molecule has 14 rings (SSSR count).